The summed E-state index contributed by atoms with van der Waals surface area (Å²) < 4.78 is 19.9. The Bertz CT molecular complexity index is 1410. The highest BCUT2D eigenvalue weighted by atomic mass is 19.1. The van der Waals surface area contributed by atoms with Gasteiger partial charge in [0, 0.05) is 29.1 Å². The predicted molar refractivity (Wildman–Crippen MR) is 127 cm³/mol. The largest absolute Gasteiger partial charge is 0.464 e. The van der Waals surface area contributed by atoms with E-state index >= 15 is 0 Å². The third-order valence-corrected chi connectivity index (χ3v) is 7.01. The van der Waals surface area contributed by atoms with Crippen LogP contribution >= 0.6 is 0 Å². The van der Waals surface area contributed by atoms with Crippen LogP contribution in [0.3, 0.4) is 0 Å². The van der Waals surface area contributed by atoms with Crippen molar-refractivity contribution in [1.82, 2.24) is 10.2 Å². The number of fused-ring (bicyclic) bond motifs is 2. The van der Waals surface area contributed by atoms with Crippen LogP contribution < -0.4 is 5.32 Å². The van der Waals surface area contributed by atoms with Crippen molar-refractivity contribution in [1.29, 1.82) is 0 Å². The van der Waals surface area contributed by atoms with Gasteiger partial charge >= 0.3 is 0 Å². The van der Waals surface area contributed by atoms with Crippen molar-refractivity contribution in [2.24, 2.45) is 5.92 Å². The molecule has 0 unspecified atom stereocenters. The molecule has 6 heteroatoms. The minimum Gasteiger partial charge on any atom is -0.464 e. The van der Waals surface area contributed by atoms with Crippen molar-refractivity contribution in [2.75, 3.05) is 6.54 Å². The zero-order valence-electron chi connectivity index (χ0n) is 18.4. The van der Waals surface area contributed by atoms with Gasteiger partial charge < -0.3 is 14.6 Å². The summed E-state index contributed by atoms with van der Waals surface area (Å²) in [5.74, 6) is -0.193. The first-order valence-corrected chi connectivity index (χ1v) is 11.5. The van der Waals surface area contributed by atoms with Crippen molar-refractivity contribution < 1.29 is 18.4 Å². The topological polar surface area (TPSA) is 62.6 Å². The molecule has 1 saturated heterocycles. The minimum atomic E-state index is -0.356. The van der Waals surface area contributed by atoms with E-state index in [-0.39, 0.29) is 29.7 Å². The summed E-state index contributed by atoms with van der Waals surface area (Å²) in [6.45, 7) is 0.369. The first-order valence-electron chi connectivity index (χ1n) is 11.5. The fourth-order valence-corrected chi connectivity index (χ4v) is 5.28. The van der Waals surface area contributed by atoms with Crippen molar-refractivity contribution >= 4 is 22.8 Å². The molecule has 2 aliphatic rings. The molecule has 2 fully saturated rings. The van der Waals surface area contributed by atoms with Gasteiger partial charge in [0.05, 0.1) is 17.9 Å². The summed E-state index contributed by atoms with van der Waals surface area (Å²) in [5.41, 5.74) is 2.70. The lowest BCUT2D eigenvalue weighted by atomic mass is 9.98. The molecule has 1 N–H and O–H groups in total. The van der Waals surface area contributed by atoms with Gasteiger partial charge in [0.1, 0.15) is 11.4 Å². The minimum absolute atomic E-state index is 0.0996. The van der Waals surface area contributed by atoms with Crippen LogP contribution in [0.2, 0.25) is 0 Å². The molecule has 0 spiro atoms. The summed E-state index contributed by atoms with van der Waals surface area (Å²) in [5, 5.41) is 3.79. The molecule has 1 aromatic heterocycles. The number of carbonyl (C=O) groups excluding carboxylic acids is 2. The summed E-state index contributed by atoms with van der Waals surface area (Å²) in [6, 6.07) is 20.9. The standard InChI is InChI=1S/C28H23FN2O3/c29-24-10-4-3-7-20(24)19-6-1-2-8-23(19)28(33)31-18(14-17-15-25(17)31)16-30-27(32)22-9-5-11-26-21(22)12-13-34-26/h1-13,17-18,25H,14-16H2,(H,30,32)/t17-,18+,25+/m1/s1. The van der Waals surface area contributed by atoms with Crippen LogP contribution in [0.1, 0.15) is 33.6 Å². The van der Waals surface area contributed by atoms with Gasteiger partial charge in [0.2, 0.25) is 0 Å². The van der Waals surface area contributed by atoms with Crippen molar-refractivity contribution in [3.63, 3.8) is 0 Å². The lowest BCUT2D eigenvalue weighted by molar-refractivity contribution is 0.0689. The van der Waals surface area contributed by atoms with E-state index in [4.69, 9.17) is 4.42 Å². The second-order valence-electron chi connectivity index (χ2n) is 9.04. The van der Waals surface area contributed by atoms with E-state index in [0.717, 1.165) is 18.2 Å². The van der Waals surface area contributed by atoms with Gasteiger partial charge in [0.15, 0.2) is 0 Å². The van der Waals surface area contributed by atoms with Gasteiger partial charge in [-0.1, -0.05) is 42.5 Å². The number of halogens is 1. The number of piperidine rings is 1. The van der Waals surface area contributed by atoms with Gasteiger partial charge in [-0.2, -0.15) is 0 Å². The van der Waals surface area contributed by atoms with E-state index in [1.54, 1.807) is 60.9 Å². The van der Waals surface area contributed by atoms with Gasteiger partial charge in [-0.3, -0.25) is 9.59 Å². The maximum atomic E-state index is 14.5. The molecule has 1 saturated carbocycles. The number of nitrogens with one attached hydrogen (secondary N) is 1. The quantitative estimate of drug-likeness (QED) is 0.447. The molecule has 4 aromatic rings. The van der Waals surface area contributed by atoms with Crippen molar-refractivity contribution in [2.45, 2.75) is 24.9 Å². The lowest BCUT2D eigenvalue weighted by Gasteiger charge is -2.29. The average molecular weight is 455 g/mol. The van der Waals surface area contributed by atoms with Crippen LogP contribution in [0.4, 0.5) is 4.39 Å². The van der Waals surface area contributed by atoms with Gasteiger partial charge in [-0.25, -0.2) is 4.39 Å². The Labute approximate surface area is 196 Å². The molecule has 2 amide bonds. The Morgan fingerprint density at radius 2 is 1.68 bits per heavy atom. The van der Waals surface area contributed by atoms with Crippen LogP contribution in [0.15, 0.2) is 83.5 Å². The number of rotatable bonds is 5. The first-order chi connectivity index (χ1) is 16.6. The number of likely N-dealkylation sites (tertiary alicyclic amines) is 1. The SMILES string of the molecule is O=C(NC[C@@H]1C[C@@H]2C[C@@H]2N1C(=O)c1ccccc1-c1ccccc1F)c1cccc2occc12. The molecule has 5 nitrogen and oxygen atoms in total. The third kappa shape index (κ3) is 3.46. The first kappa shape index (κ1) is 20.7. The summed E-state index contributed by atoms with van der Waals surface area (Å²) >= 11 is 0. The predicted octanol–water partition coefficient (Wildman–Crippen LogP) is 5.27. The average Bonchev–Trinajstić information content (AvgIpc) is 3.27. The Kier molecular flexibility index (Phi) is 4.94. The second kappa shape index (κ2) is 8.13. The maximum absolute atomic E-state index is 14.5. The summed E-state index contributed by atoms with van der Waals surface area (Å²) in [6.07, 6.45) is 3.40. The number of amides is 2. The molecule has 34 heavy (non-hydrogen) atoms. The lowest BCUT2D eigenvalue weighted by Crippen LogP contribution is -2.45. The summed E-state index contributed by atoms with van der Waals surface area (Å²) in [4.78, 5) is 28.6. The number of benzene rings is 3. The van der Waals surface area contributed by atoms with Crippen LogP contribution in [0.5, 0.6) is 0 Å². The zero-order valence-corrected chi connectivity index (χ0v) is 18.4. The number of furan rings is 1. The van der Waals surface area contributed by atoms with E-state index in [2.05, 4.69) is 5.32 Å². The number of hydrogen-bond donors (Lipinski definition) is 1. The molecule has 170 valence electrons. The van der Waals surface area contributed by atoms with Gasteiger partial charge in [-0.05, 0) is 54.7 Å². The Balaban J connectivity index is 1.24. The number of nitrogens with zero attached hydrogens (tertiary/aromatic N) is 1. The molecule has 2 heterocycles. The third-order valence-electron chi connectivity index (χ3n) is 7.01. The van der Waals surface area contributed by atoms with Crippen LogP contribution in [-0.4, -0.2) is 35.3 Å². The highest BCUT2D eigenvalue weighted by molar-refractivity contribution is 6.06. The number of carbonyl (C=O) groups is 2. The Morgan fingerprint density at radius 3 is 2.53 bits per heavy atom. The van der Waals surface area contributed by atoms with E-state index in [9.17, 15) is 14.0 Å². The van der Waals surface area contributed by atoms with E-state index in [0.29, 0.717) is 40.3 Å². The molecule has 1 aliphatic heterocycles. The molecule has 0 radical (unpaired) electrons. The monoisotopic (exact) mass is 454 g/mol. The molecular weight excluding hydrogens is 431 g/mol. The van der Waals surface area contributed by atoms with Crippen molar-refractivity contribution in [3.05, 3.63) is 96.0 Å². The molecule has 0 bridgehead atoms. The van der Waals surface area contributed by atoms with E-state index in [1.807, 2.05) is 17.0 Å². The smallest absolute Gasteiger partial charge is 0.255 e. The highest BCUT2D eigenvalue weighted by Gasteiger charge is 2.54. The zero-order chi connectivity index (χ0) is 23.2. The van der Waals surface area contributed by atoms with Gasteiger partial charge in [0.25, 0.3) is 11.8 Å². The van der Waals surface area contributed by atoms with Crippen LogP contribution in [-0.2, 0) is 0 Å². The Morgan fingerprint density at radius 1 is 0.912 bits per heavy atom. The highest BCUT2D eigenvalue weighted by Crippen LogP contribution is 2.48. The second-order valence-corrected chi connectivity index (χ2v) is 9.04. The number of hydrogen-bond acceptors (Lipinski definition) is 3. The summed E-state index contributed by atoms with van der Waals surface area (Å²) in [7, 11) is 0. The van der Waals surface area contributed by atoms with E-state index in [1.165, 1.54) is 6.07 Å². The van der Waals surface area contributed by atoms with Crippen LogP contribution in [0, 0.1) is 11.7 Å². The maximum Gasteiger partial charge on any atom is 0.255 e. The van der Waals surface area contributed by atoms with Crippen molar-refractivity contribution in [3.8, 4) is 11.1 Å². The van der Waals surface area contributed by atoms with Crippen LogP contribution in [0.25, 0.3) is 22.1 Å². The normalized spacial score (nSPS) is 20.9. The Hall–Kier alpha value is -3.93. The fourth-order valence-electron chi connectivity index (χ4n) is 5.28. The molecular formula is C28H23FN2O3. The molecule has 3 aromatic carbocycles. The molecule has 3 atom stereocenters. The fraction of sp³-hybridized carbons (Fsp3) is 0.214. The van der Waals surface area contributed by atoms with E-state index < -0.39 is 0 Å². The molecule has 6 rings (SSSR count). The molecule has 1 aliphatic carbocycles. The van der Waals surface area contributed by atoms with Gasteiger partial charge in [-0.15, -0.1) is 0 Å².